The molecule has 0 bridgehead atoms. The van der Waals surface area contributed by atoms with E-state index in [1.165, 1.54) is 18.4 Å². The molecule has 0 radical (unpaired) electrons. The fraction of sp³-hybridized carbons (Fsp3) is 0.700. The minimum Gasteiger partial charge on any atom is -0.491 e. The Morgan fingerprint density at radius 3 is 2.80 bits per heavy atom. The number of morpholine rings is 1. The van der Waals surface area contributed by atoms with Crippen LogP contribution in [0.4, 0.5) is 0 Å². The number of aliphatic hydroxyl groups is 1. The summed E-state index contributed by atoms with van der Waals surface area (Å²) in [5, 5.41) is 10.3. The fourth-order valence-electron chi connectivity index (χ4n) is 3.89. The summed E-state index contributed by atoms with van der Waals surface area (Å²) in [4.78, 5) is 4.95. The minimum atomic E-state index is -0.444. The summed E-state index contributed by atoms with van der Waals surface area (Å²) in [6, 6.07) is 8.64. The molecule has 1 aromatic rings. The monoisotopic (exact) mass is 348 g/mol. The molecule has 0 aliphatic carbocycles. The van der Waals surface area contributed by atoms with Crippen LogP contribution in [0.25, 0.3) is 0 Å². The van der Waals surface area contributed by atoms with Crippen molar-refractivity contribution in [1.82, 2.24) is 9.80 Å². The van der Waals surface area contributed by atoms with E-state index in [1.807, 2.05) is 31.2 Å². The highest BCUT2D eigenvalue weighted by Crippen LogP contribution is 2.19. The van der Waals surface area contributed by atoms with Crippen molar-refractivity contribution >= 4 is 0 Å². The van der Waals surface area contributed by atoms with Gasteiger partial charge in [0.15, 0.2) is 0 Å². The van der Waals surface area contributed by atoms with Gasteiger partial charge in [0, 0.05) is 25.7 Å². The van der Waals surface area contributed by atoms with E-state index in [0.29, 0.717) is 25.3 Å². The van der Waals surface area contributed by atoms with Crippen molar-refractivity contribution in [3.05, 3.63) is 29.8 Å². The van der Waals surface area contributed by atoms with Gasteiger partial charge in [0.2, 0.25) is 0 Å². The highest BCUT2D eigenvalue weighted by Gasteiger charge is 2.28. The number of hydrogen-bond acceptors (Lipinski definition) is 5. The van der Waals surface area contributed by atoms with Crippen LogP contribution in [0.15, 0.2) is 24.3 Å². The van der Waals surface area contributed by atoms with Crippen LogP contribution in [0.2, 0.25) is 0 Å². The number of aliphatic hydroxyl groups excluding tert-OH is 1. The molecule has 5 nitrogen and oxygen atoms in total. The predicted octanol–water partition coefficient (Wildman–Crippen LogP) is 1.92. The van der Waals surface area contributed by atoms with Crippen molar-refractivity contribution in [3.63, 3.8) is 0 Å². The molecule has 2 unspecified atom stereocenters. The maximum atomic E-state index is 10.3. The highest BCUT2D eigenvalue weighted by atomic mass is 16.5. The van der Waals surface area contributed by atoms with Crippen LogP contribution in [0.1, 0.15) is 25.3 Å². The molecule has 1 aromatic carbocycles. The number of ether oxygens (including phenoxy) is 2. The molecular weight excluding hydrogens is 316 g/mol. The molecule has 2 atom stereocenters. The van der Waals surface area contributed by atoms with Crippen molar-refractivity contribution < 1.29 is 14.6 Å². The number of likely N-dealkylation sites (tertiary alicyclic amines) is 1. The van der Waals surface area contributed by atoms with Crippen LogP contribution in [0.3, 0.4) is 0 Å². The summed E-state index contributed by atoms with van der Waals surface area (Å²) >= 11 is 0. The molecule has 0 aromatic heterocycles. The third-order valence-corrected chi connectivity index (χ3v) is 5.25. The lowest BCUT2D eigenvalue weighted by Crippen LogP contribution is -2.51. The van der Waals surface area contributed by atoms with Crippen LogP contribution in [0.5, 0.6) is 5.75 Å². The fourth-order valence-corrected chi connectivity index (χ4v) is 3.89. The SMILES string of the molecule is Cc1cccc(OCC(O)CN2CCC(N3CCOC(C)C3)CC2)c1. The Balaban J connectivity index is 1.36. The van der Waals surface area contributed by atoms with E-state index in [-0.39, 0.29) is 0 Å². The van der Waals surface area contributed by atoms with Gasteiger partial charge in [0.05, 0.1) is 12.7 Å². The lowest BCUT2D eigenvalue weighted by atomic mass is 10.0. The van der Waals surface area contributed by atoms with Gasteiger partial charge in [-0.1, -0.05) is 12.1 Å². The number of β-amino-alcohol motifs (C(OH)–C–C–N with tert-alkyl or cyclic N) is 1. The predicted molar refractivity (Wildman–Crippen MR) is 99.1 cm³/mol. The van der Waals surface area contributed by atoms with E-state index in [1.54, 1.807) is 0 Å². The van der Waals surface area contributed by atoms with Gasteiger partial charge in [0.1, 0.15) is 18.5 Å². The molecular formula is C20H32N2O3. The Hall–Kier alpha value is -1.14. The molecule has 2 fully saturated rings. The van der Waals surface area contributed by atoms with Gasteiger partial charge in [-0.25, -0.2) is 0 Å². The first-order valence-corrected chi connectivity index (χ1v) is 9.55. The van der Waals surface area contributed by atoms with Gasteiger partial charge in [-0.05, 0) is 57.5 Å². The smallest absolute Gasteiger partial charge is 0.119 e. The first-order chi connectivity index (χ1) is 12.1. The summed E-state index contributed by atoms with van der Waals surface area (Å²) < 4.78 is 11.4. The zero-order chi connectivity index (χ0) is 17.6. The van der Waals surface area contributed by atoms with Gasteiger partial charge < -0.3 is 19.5 Å². The Kier molecular flexibility index (Phi) is 6.70. The van der Waals surface area contributed by atoms with Crippen LogP contribution in [-0.4, -0.2) is 79.1 Å². The van der Waals surface area contributed by atoms with Crippen LogP contribution < -0.4 is 4.74 Å². The van der Waals surface area contributed by atoms with Gasteiger partial charge in [0.25, 0.3) is 0 Å². The van der Waals surface area contributed by atoms with Crippen molar-refractivity contribution in [1.29, 1.82) is 0 Å². The van der Waals surface area contributed by atoms with E-state index in [4.69, 9.17) is 9.47 Å². The first-order valence-electron chi connectivity index (χ1n) is 9.55. The highest BCUT2D eigenvalue weighted by molar-refractivity contribution is 5.27. The number of nitrogens with zero attached hydrogens (tertiary/aromatic N) is 2. The van der Waals surface area contributed by atoms with E-state index < -0.39 is 6.10 Å². The van der Waals surface area contributed by atoms with Crippen LogP contribution in [0, 0.1) is 6.92 Å². The number of aryl methyl sites for hydroxylation is 1. The number of hydrogen-bond donors (Lipinski definition) is 1. The Labute approximate surface area is 151 Å². The molecule has 2 aliphatic heterocycles. The van der Waals surface area contributed by atoms with Crippen LogP contribution in [-0.2, 0) is 4.74 Å². The molecule has 25 heavy (non-hydrogen) atoms. The maximum absolute atomic E-state index is 10.3. The van der Waals surface area contributed by atoms with Crippen molar-refractivity contribution in [3.8, 4) is 5.75 Å². The second kappa shape index (κ2) is 8.99. The Morgan fingerprint density at radius 1 is 1.28 bits per heavy atom. The lowest BCUT2D eigenvalue weighted by molar-refractivity contribution is -0.0455. The van der Waals surface area contributed by atoms with Gasteiger partial charge in [-0.3, -0.25) is 4.90 Å². The molecule has 0 saturated carbocycles. The Bertz CT molecular complexity index is 531. The zero-order valence-electron chi connectivity index (χ0n) is 15.6. The summed E-state index contributed by atoms with van der Waals surface area (Å²) in [6.45, 7) is 10.3. The van der Waals surface area contributed by atoms with E-state index in [9.17, 15) is 5.11 Å². The average molecular weight is 348 g/mol. The topological polar surface area (TPSA) is 45.2 Å². The number of piperidine rings is 1. The quantitative estimate of drug-likeness (QED) is 0.851. The molecule has 1 N–H and O–H groups in total. The van der Waals surface area contributed by atoms with Gasteiger partial charge in [-0.15, -0.1) is 0 Å². The lowest BCUT2D eigenvalue weighted by Gasteiger charge is -2.42. The molecule has 140 valence electrons. The molecule has 2 saturated heterocycles. The van der Waals surface area contributed by atoms with Gasteiger partial charge in [-0.2, -0.15) is 0 Å². The normalized spacial score (nSPS) is 25.0. The third-order valence-electron chi connectivity index (χ3n) is 5.25. The first kappa shape index (κ1) is 18.6. The van der Waals surface area contributed by atoms with E-state index in [2.05, 4.69) is 16.7 Å². The molecule has 0 spiro atoms. The summed E-state index contributed by atoms with van der Waals surface area (Å²) in [5.74, 6) is 0.833. The summed E-state index contributed by atoms with van der Waals surface area (Å²) in [7, 11) is 0. The second-order valence-corrected chi connectivity index (χ2v) is 7.49. The number of benzene rings is 1. The minimum absolute atomic E-state index is 0.352. The van der Waals surface area contributed by atoms with Crippen molar-refractivity contribution in [2.24, 2.45) is 0 Å². The zero-order valence-corrected chi connectivity index (χ0v) is 15.6. The van der Waals surface area contributed by atoms with Crippen molar-refractivity contribution in [2.45, 2.75) is 44.9 Å². The van der Waals surface area contributed by atoms with E-state index >= 15 is 0 Å². The molecule has 3 rings (SSSR count). The third kappa shape index (κ3) is 5.68. The molecule has 2 aliphatic rings. The molecule has 0 amide bonds. The van der Waals surface area contributed by atoms with Crippen molar-refractivity contribution in [2.75, 3.05) is 45.9 Å². The largest absolute Gasteiger partial charge is 0.491 e. The van der Waals surface area contributed by atoms with E-state index in [0.717, 1.165) is 38.5 Å². The summed E-state index contributed by atoms with van der Waals surface area (Å²) in [5.41, 5.74) is 1.17. The maximum Gasteiger partial charge on any atom is 0.119 e. The molecule has 2 heterocycles. The standard InChI is InChI=1S/C20H32N2O3/c1-16-4-3-5-20(12-16)25-15-19(23)14-21-8-6-18(7-9-21)22-10-11-24-17(2)13-22/h3-5,12,17-19,23H,6-11,13-15H2,1-2H3. The Morgan fingerprint density at radius 2 is 2.08 bits per heavy atom. The number of rotatable bonds is 6. The average Bonchev–Trinajstić information content (AvgIpc) is 2.61. The van der Waals surface area contributed by atoms with Gasteiger partial charge >= 0.3 is 0 Å². The van der Waals surface area contributed by atoms with Crippen LogP contribution >= 0.6 is 0 Å². The summed E-state index contributed by atoms with van der Waals surface area (Å²) in [6.07, 6.45) is 2.27. The molecule has 5 heteroatoms. The second-order valence-electron chi connectivity index (χ2n) is 7.49.